The summed E-state index contributed by atoms with van der Waals surface area (Å²) in [6.45, 7) is 1.94. The van der Waals surface area contributed by atoms with Gasteiger partial charge in [-0.05, 0) is 48.9 Å². The van der Waals surface area contributed by atoms with Crippen molar-refractivity contribution in [3.63, 3.8) is 0 Å². The molecule has 0 fully saturated rings. The van der Waals surface area contributed by atoms with Crippen molar-refractivity contribution in [1.82, 2.24) is 0 Å². The lowest BCUT2D eigenvalue weighted by Crippen LogP contribution is -2.08. The standard InChI is InChI=1S/C16H18N2O2/c1-11-4-9-14(16(19)20)15(10-11)17-12-5-7-13(8-6-12)18(2)3/h4-10,17H,1-3H3,(H,19,20). The molecule has 0 unspecified atom stereocenters. The molecule has 2 rings (SSSR count). The Bertz CT molecular complexity index is 619. The van der Waals surface area contributed by atoms with Crippen LogP contribution in [0.5, 0.6) is 0 Å². The maximum atomic E-state index is 11.2. The smallest absolute Gasteiger partial charge is 0.337 e. The largest absolute Gasteiger partial charge is 0.478 e. The number of aryl methyl sites for hydroxylation is 1. The van der Waals surface area contributed by atoms with E-state index in [2.05, 4.69) is 5.32 Å². The number of carbonyl (C=O) groups is 1. The monoisotopic (exact) mass is 270 g/mol. The molecule has 0 bridgehead atoms. The molecule has 104 valence electrons. The van der Waals surface area contributed by atoms with Gasteiger partial charge in [0.15, 0.2) is 0 Å². The Kier molecular flexibility index (Phi) is 3.94. The van der Waals surface area contributed by atoms with Crippen LogP contribution in [0, 0.1) is 6.92 Å². The molecule has 0 saturated carbocycles. The summed E-state index contributed by atoms with van der Waals surface area (Å²) in [6, 6.07) is 13.1. The van der Waals surface area contributed by atoms with E-state index < -0.39 is 5.97 Å². The fourth-order valence-electron chi connectivity index (χ4n) is 1.95. The number of rotatable bonds is 4. The minimum atomic E-state index is -0.933. The quantitative estimate of drug-likeness (QED) is 0.892. The summed E-state index contributed by atoms with van der Waals surface area (Å²) in [5, 5.41) is 12.4. The molecule has 0 saturated heterocycles. The van der Waals surface area contributed by atoms with Gasteiger partial charge in [-0.3, -0.25) is 0 Å². The minimum absolute atomic E-state index is 0.271. The zero-order valence-corrected chi connectivity index (χ0v) is 11.8. The summed E-state index contributed by atoms with van der Waals surface area (Å²) in [7, 11) is 3.96. The van der Waals surface area contributed by atoms with Gasteiger partial charge in [-0.2, -0.15) is 0 Å². The topological polar surface area (TPSA) is 52.6 Å². The fraction of sp³-hybridized carbons (Fsp3) is 0.188. The number of hydrogen-bond donors (Lipinski definition) is 2. The van der Waals surface area contributed by atoms with Crippen LogP contribution in [0.3, 0.4) is 0 Å². The number of benzene rings is 2. The van der Waals surface area contributed by atoms with Crippen molar-refractivity contribution < 1.29 is 9.90 Å². The Hall–Kier alpha value is -2.49. The third-order valence-corrected chi connectivity index (χ3v) is 3.07. The van der Waals surface area contributed by atoms with E-state index in [0.717, 1.165) is 16.9 Å². The predicted molar refractivity (Wildman–Crippen MR) is 82.2 cm³/mol. The van der Waals surface area contributed by atoms with Gasteiger partial charge < -0.3 is 15.3 Å². The molecule has 0 aliphatic rings. The normalized spacial score (nSPS) is 10.2. The molecule has 0 aliphatic heterocycles. The van der Waals surface area contributed by atoms with Crippen LogP contribution < -0.4 is 10.2 Å². The lowest BCUT2D eigenvalue weighted by Gasteiger charge is -2.14. The maximum absolute atomic E-state index is 11.2. The first-order valence-electron chi connectivity index (χ1n) is 6.36. The fourth-order valence-corrected chi connectivity index (χ4v) is 1.95. The molecule has 0 radical (unpaired) electrons. The molecule has 0 atom stereocenters. The molecule has 0 aliphatic carbocycles. The van der Waals surface area contributed by atoms with Gasteiger partial charge in [0.05, 0.1) is 11.3 Å². The van der Waals surface area contributed by atoms with Crippen LogP contribution in [0.25, 0.3) is 0 Å². The number of carboxylic acids is 1. The van der Waals surface area contributed by atoms with Gasteiger partial charge in [-0.25, -0.2) is 4.79 Å². The summed E-state index contributed by atoms with van der Waals surface area (Å²) in [4.78, 5) is 13.2. The second-order valence-corrected chi connectivity index (χ2v) is 4.92. The molecular formula is C16H18N2O2. The van der Waals surface area contributed by atoms with Crippen molar-refractivity contribution >= 4 is 23.0 Å². The van der Waals surface area contributed by atoms with Gasteiger partial charge in [0, 0.05) is 25.5 Å². The second-order valence-electron chi connectivity index (χ2n) is 4.92. The summed E-state index contributed by atoms with van der Waals surface area (Å²) in [5.41, 5.74) is 3.85. The van der Waals surface area contributed by atoms with Gasteiger partial charge in [0.25, 0.3) is 0 Å². The van der Waals surface area contributed by atoms with Crippen LogP contribution in [0.2, 0.25) is 0 Å². The van der Waals surface area contributed by atoms with Crippen LogP contribution in [0.4, 0.5) is 17.1 Å². The van der Waals surface area contributed by atoms with Gasteiger partial charge in [-0.1, -0.05) is 6.07 Å². The summed E-state index contributed by atoms with van der Waals surface area (Å²) < 4.78 is 0. The third kappa shape index (κ3) is 3.09. The van der Waals surface area contributed by atoms with Crippen molar-refractivity contribution in [3.05, 3.63) is 53.6 Å². The molecule has 0 aromatic heterocycles. The Morgan fingerprint density at radius 3 is 2.30 bits per heavy atom. The highest BCUT2D eigenvalue weighted by Crippen LogP contribution is 2.24. The Balaban J connectivity index is 2.29. The summed E-state index contributed by atoms with van der Waals surface area (Å²) in [6.07, 6.45) is 0. The Labute approximate surface area is 118 Å². The van der Waals surface area contributed by atoms with E-state index >= 15 is 0 Å². The number of hydrogen-bond acceptors (Lipinski definition) is 3. The first-order valence-corrected chi connectivity index (χ1v) is 6.36. The zero-order valence-electron chi connectivity index (χ0n) is 11.8. The van der Waals surface area contributed by atoms with E-state index in [1.165, 1.54) is 0 Å². The van der Waals surface area contributed by atoms with Crippen LogP contribution in [-0.4, -0.2) is 25.2 Å². The number of nitrogens with zero attached hydrogens (tertiary/aromatic N) is 1. The van der Waals surface area contributed by atoms with E-state index in [1.807, 2.05) is 56.3 Å². The number of nitrogens with one attached hydrogen (secondary N) is 1. The Morgan fingerprint density at radius 2 is 1.75 bits per heavy atom. The molecule has 4 nitrogen and oxygen atoms in total. The molecule has 0 spiro atoms. The SMILES string of the molecule is Cc1ccc(C(=O)O)c(Nc2ccc(N(C)C)cc2)c1. The average Bonchev–Trinajstić information content (AvgIpc) is 2.39. The van der Waals surface area contributed by atoms with Crippen LogP contribution in [-0.2, 0) is 0 Å². The first-order chi connectivity index (χ1) is 9.47. The van der Waals surface area contributed by atoms with E-state index in [9.17, 15) is 9.90 Å². The second kappa shape index (κ2) is 5.65. The Morgan fingerprint density at radius 1 is 1.10 bits per heavy atom. The predicted octanol–water partition coefficient (Wildman–Crippen LogP) is 3.50. The number of aromatic carboxylic acids is 1. The first kappa shape index (κ1) is 13.9. The molecule has 2 aromatic rings. The summed E-state index contributed by atoms with van der Waals surface area (Å²) in [5.74, 6) is -0.933. The lowest BCUT2D eigenvalue weighted by atomic mass is 10.1. The third-order valence-electron chi connectivity index (χ3n) is 3.07. The van der Waals surface area contributed by atoms with Crippen molar-refractivity contribution in [2.75, 3.05) is 24.3 Å². The van der Waals surface area contributed by atoms with Crippen LogP contribution >= 0.6 is 0 Å². The highest BCUT2D eigenvalue weighted by atomic mass is 16.4. The highest BCUT2D eigenvalue weighted by molar-refractivity contribution is 5.95. The molecule has 4 heteroatoms. The summed E-state index contributed by atoms with van der Waals surface area (Å²) >= 11 is 0. The van der Waals surface area contributed by atoms with Crippen molar-refractivity contribution in [2.24, 2.45) is 0 Å². The highest BCUT2D eigenvalue weighted by Gasteiger charge is 2.10. The molecule has 0 amide bonds. The van der Waals surface area contributed by atoms with Gasteiger partial charge in [0.2, 0.25) is 0 Å². The van der Waals surface area contributed by atoms with Crippen LogP contribution in [0.15, 0.2) is 42.5 Å². The lowest BCUT2D eigenvalue weighted by molar-refractivity contribution is 0.0698. The van der Waals surface area contributed by atoms with Gasteiger partial charge >= 0.3 is 5.97 Å². The van der Waals surface area contributed by atoms with Crippen molar-refractivity contribution in [2.45, 2.75) is 6.92 Å². The molecule has 0 heterocycles. The molecular weight excluding hydrogens is 252 g/mol. The van der Waals surface area contributed by atoms with E-state index in [1.54, 1.807) is 12.1 Å². The van der Waals surface area contributed by atoms with Crippen molar-refractivity contribution in [3.8, 4) is 0 Å². The maximum Gasteiger partial charge on any atom is 0.337 e. The van der Waals surface area contributed by atoms with Gasteiger partial charge in [0.1, 0.15) is 0 Å². The van der Waals surface area contributed by atoms with Crippen LogP contribution in [0.1, 0.15) is 15.9 Å². The van der Waals surface area contributed by atoms with E-state index in [-0.39, 0.29) is 5.56 Å². The molecule has 2 aromatic carbocycles. The van der Waals surface area contributed by atoms with Gasteiger partial charge in [-0.15, -0.1) is 0 Å². The number of carboxylic acid groups (broad SMARTS) is 1. The van der Waals surface area contributed by atoms with E-state index in [4.69, 9.17) is 0 Å². The zero-order chi connectivity index (χ0) is 14.7. The van der Waals surface area contributed by atoms with E-state index in [0.29, 0.717) is 5.69 Å². The average molecular weight is 270 g/mol. The van der Waals surface area contributed by atoms with Crippen molar-refractivity contribution in [1.29, 1.82) is 0 Å². The molecule has 2 N–H and O–H groups in total. The number of anilines is 3. The molecule has 20 heavy (non-hydrogen) atoms. The minimum Gasteiger partial charge on any atom is -0.478 e.